The molecule has 10 nitrogen and oxygen atoms in total. The van der Waals surface area contributed by atoms with E-state index in [1.807, 2.05) is 0 Å². The Morgan fingerprint density at radius 2 is 1.46 bits per heavy atom. The number of isothiocyanates is 1. The maximum atomic E-state index is 11.5. The van der Waals surface area contributed by atoms with Crippen LogP contribution in [-0.4, -0.2) is 66.3 Å². The molecule has 0 spiro atoms. The molecule has 5 atom stereocenters. The van der Waals surface area contributed by atoms with E-state index >= 15 is 0 Å². The highest BCUT2D eigenvalue weighted by Crippen LogP contribution is 2.29. The SMILES string of the molecule is CC(=O)OC[C@H]1O[C@@H](OC(C)=O)[C@H](N=C=S)[C@@H](OC(C)=O)[C@@H]1OC(C)=O. The van der Waals surface area contributed by atoms with Gasteiger partial charge in [-0.3, -0.25) is 19.2 Å². The average molecular weight is 389 g/mol. The van der Waals surface area contributed by atoms with Crippen LogP contribution in [0.1, 0.15) is 27.7 Å². The summed E-state index contributed by atoms with van der Waals surface area (Å²) in [5.41, 5.74) is 0. The number of carbonyl (C=O) groups is 4. The number of esters is 4. The van der Waals surface area contributed by atoms with E-state index in [-0.39, 0.29) is 6.61 Å². The molecule has 26 heavy (non-hydrogen) atoms. The molecule has 1 fully saturated rings. The first kappa shape index (κ1) is 21.7. The molecule has 1 saturated heterocycles. The van der Waals surface area contributed by atoms with Gasteiger partial charge >= 0.3 is 23.9 Å². The topological polar surface area (TPSA) is 127 Å². The fraction of sp³-hybridized carbons (Fsp3) is 0.667. The summed E-state index contributed by atoms with van der Waals surface area (Å²) in [6, 6.07) is -1.13. The minimum atomic E-state index is -1.32. The number of hydrogen-bond acceptors (Lipinski definition) is 11. The number of carbonyl (C=O) groups excluding carboxylic acids is 4. The van der Waals surface area contributed by atoms with Crippen molar-refractivity contribution < 1.29 is 42.9 Å². The second-order valence-corrected chi connectivity index (χ2v) is 5.50. The van der Waals surface area contributed by atoms with Crippen molar-refractivity contribution in [2.24, 2.45) is 4.99 Å². The van der Waals surface area contributed by atoms with Gasteiger partial charge in [0.2, 0.25) is 6.29 Å². The lowest BCUT2D eigenvalue weighted by atomic mass is 9.96. The number of hydrogen-bond donors (Lipinski definition) is 0. The van der Waals surface area contributed by atoms with Crippen LogP contribution in [0.25, 0.3) is 0 Å². The number of aliphatic imine (C=N–C) groups is 1. The first-order valence-corrected chi connectivity index (χ1v) is 7.94. The standard InChI is InChI=1S/C15H19NO9S/c1-7(17)21-5-11-13(22-8(2)18)14(23-9(3)19)12(16-6-26)15(25-11)24-10(4)20/h11-15H,5H2,1-4H3/t11-,12-,13-,14-,15-/m1/s1. The van der Waals surface area contributed by atoms with E-state index in [9.17, 15) is 19.2 Å². The average Bonchev–Trinajstić information content (AvgIpc) is 2.49. The molecule has 0 aromatic heterocycles. The van der Waals surface area contributed by atoms with Crippen molar-refractivity contribution in [1.29, 1.82) is 0 Å². The molecule has 0 aliphatic carbocycles. The van der Waals surface area contributed by atoms with E-state index in [2.05, 4.69) is 22.4 Å². The molecule has 11 heteroatoms. The van der Waals surface area contributed by atoms with Gasteiger partial charge in [-0.2, -0.15) is 0 Å². The Balaban J connectivity index is 3.28. The highest BCUT2D eigenvalue weighted by atomic mass is 32.1. The fourth-order valence-corrected chi connectivity index (χ4v) is 2.47. The molecule has 1 heterocycles. The Labute approximate surface area is 154 Å². The minimum absolute atomic E-state index is 0.336. The van der Waals surface area contributed by atoms with Crippen LogP contribution in [0, 0.1) is 0 Å². The van der Waals surface area contributed by atoms with E-state index in [1.54, 1.807) is 0 Å². The van der Waals surface area contributed by atoms with Gasteiger partial charge in [-0.25, -0.2) is 4.99 Å². The largest absolute Gasteiger partial charge is 0.463 e. The van der Waals surface area contributed by atoms with Gasteiger partial charge in [0.05, 0.1) is 5.16 Å². The summed E-state index contributed by atoms with van der Waals surface area (Å²) in [5.74, 6) is -2.70. The molecule has 0 saturated carbocycles. The third-order valence-corrected chi connectivity index (χ3v) is 3.26. The van der Waals surface area contributed by atoms with Gasteiger partial charge in [0.1, 0.15) is 12.7 Å². The molecule has 0 amide bonds. The van der Waals surface area contributed by atoms with Crippen molar-refractivity contribution in [3.8, 4) is 0 Å². The van der Waals surface area contributed by atoms with Gasteiger partial charge in [0.15, 0.2) is 18.2 Å². The van der Waals surface area contributed by atoms with Crippen LogP contribution in [0.15, 0.2) is 4.99 Å². The normalized spacial score (nSPS) is 27.5. The van der Waals surface area contributed by atoms with Gasteiger partial charge in [-0.1, -0.05) is 0 Å². The number of thiocarbonyl (C=S) groups is 1. The molecule has 0 unspecified atom stereocenters. The van der Waals surface area contributed by atoms with Crippen LogP contribution >= 0.6 is 12.2 Å². The maximum Gasteiger partial charge on any atom is 0.305 e. The Morgan fingerprint density at radius 3 is 1.92 bits per heavy atom. The van der Waals surface area contributed by atoms with Crippen LogP contribution in [0.2, 0.25) is 0 Å². The lowest BCUT2D eigenvalue weighted by molar-refractivity contribution is -0.266. The predicted octanol–water partition coefficient (Wildman–Crippen LogP) is 0.172. The van der Waals surface area contributed by atoms with E-state index in [0.717, 1.165) is 20.8 Å². The van der Waals surface area contributed by atoms with E-state index in [1.165, 1.54) is 6.92 Å². The molecular formula is C15H19NO9S. The van der Waals surface area contributed by atoms with Crippen molar-refractivity contribution in [3.63, 3.8) is 0 Å². The Hall–Kier alpha value is -2.36. The van der Waals surface area contributed by atoms with E-state index < -0.39 is 54.5 Å². The Morgan fingerprint density at radius 1 is 0.923 bits per heavy atom. The van der Waals surface area contributed by atoms with Crippen LogP contribution in [0.4, 0.5) is 0 Å². The second kappa shape index (κ2) is 9.95. The van der Waals surface area contributed by atoms with E-state index in [4.69, 9.17) is 23.7 Å². The summed E-state index contributed by atoms with van der Waals surface area (Å²) in [5, 5.41) is 2.10. The summed E-state index contributed by atoms with van der Waals surface area (Å²) in [7, 11) is 0. The zero-order chi connectivity index (χ0) is 19.9. The lowest BCUT2D eigenvalue weighted by Gasteiger charge is -2.42. The van der Waals surface area contributed by atoms with Gasteiger partial charge in [0.25, 0.3) is 0 Å². The minimum Gasteiger partial charge on any atom is -0.463 e. The summed E-state index contributed by atoms with van der Waals surface area (Å²) < 4.78 is 25.9. The van der Waals surface area contributed by atoms with Gasteiger partial charge in [-0.05, 0) is 12.2 Å². The molecule has 1 aliphatic heterocycles. The quantitative estimate of drug-likeness (QED) is 0.268. The highest BCUT2D eigenvalue weighted by Gasteiger charge is 2.51. The van der Waals surface area contributed by atoms with Crippen molar-refractivity contribution >= 4 is 41.3 Å². The second-order valence-electron chi connectivity index (χ2n) is 5.31. The zero-order valence-electron chi connectivity index (χ0n) is 14.6. The van der Waals surface area contributed by atoms with E-state index in [0.29, 0.717) is 0 Å². The zero-order valence-corrected chi connectivity index (χ0v) is 15.4. The van der Waals surface area contributed by atoms with Crippen molar-refractivity contribution in [2.45, 2.75) is 58.3 Å². The molecule has 1 rings (SSSR count). The molecule has 1 aliphatic rings. The number of nitrogens with zero attached hydrogens (tertiary/aromatic N) is 1. The van der Waals surface area contributed by atoms with Gasteiger partial charge in [0, 0.05) is 27.7 Å². The molecule has 0 bridgehead atoms. The monoisotopic (exact) mass is 389 g/mol. The van der Waals surface area contributed by atoms with Crippen molar-refractivity contribution in [2.75, 3.05) is 6.61 Å². The molecule has 0 aromatic rings. The lowest BCUT2D eigenvalue weighted by Crippen LogP contribution is -2.61. The van der Waals surface area contributed by atoms with Gasteiger partial charge in [-0.15, -0.1) is 0 Å². The van der Waals surface area contributed by atoms with Gasteiger partial charge < -0.3 is 23.7 Å². The smallest absolute Gasteiger partial charge is 0.305 e. The molecule has 144 valence electrons. The Kier molecular flexibility index (Phi) is 8.30. The first-order chi connectivity index (χ1) is 12.1. The molecule has 0 aromatic carbocycles. The molecule has 0 N–H and O–H groups in total. The third-order valence-electron chi connectivity index (χ3n) is 3.15. The summed E-state index contributed by atoms with van der Waals surface area (Å²) >= 11 is 4.58. The maximum absolute atomic E-state index is 11.5. The van der Waals surface area contributed by atoms with Crippen molar-refractivity contribution in [3.05, 3.63) is 0 Å². The molecule has 0 radical (unpaired) electrons. The first-order valence-electron chi connectivity index (χ1n) is 7.53. The van der Waals surface area contributed by atoms with Crippen LogP contribution < -0.4 is 0 Å². The van der Waals surface area contributed by atoms with Crippen LogP contribution in [0.5, 0.6) is 0 Å². The molecular weight excluding hydrogens is 370 g/mol. The fourth-order valence-electron chi connectivity index (χ4n) is 2.34. The summed E-state index contributed by atoms with van der Waals surface area (Å²) in [6.45, 7) is 4.26. The number of ether oxygens (including phenoxy) is 5. The third kappa shape index (κ3) is 6.51. The summed E-state index contributed by atoms with van der Waals surface area (Å²) in [6.07, 6.45) is -4.78. The highest BCUT2D eigenvalue weighted by molar-refractivity contribution is 7.78. The Bertz CT molecular complexity index is 616. The van der Waals surface area contributed by atoms with Crippen molar-refractivity contribution in [1.82, 2.24) is 0 Å². The predicted molar refractivity (Wildman–Crippen MR) is 87.0 cm³/mol. The number of rotatable bonds is 6. The van der Waals surface area contributed by atoms with Crippen LogP contribution in [0.3, 0.4) is 0 Å². The summed E-state index contributed by atoms with van der Waals surface area (Å²) in [4.78, 5) is 49.3. The van der Waals surface area contributed by atoms with Crippen LogP contribution in [-0.2, 0) is 42.9 Å².